The van der Waals surface area contributed by atoms with Crippen LogP contribution in [-0.2, 0) is 11.3 Å². The molecule has 0 spiro atoms. The van der Waals surface area contributed by atoms with E-state index in [1.165, 1.54) is 0 Å². The maximum Gasteiger partial charge on any atom is 0.407 e. The van der Waals surface area contributed by atoms with Crippen molar-refractivity contribution in [1.82, 2.24) is 14.8 Å². The molecule has 35 heavy (non-hydrogen) atoms. The molecule has 2 heterocycles. The number of nitrogens with two attached hydrogens (primary N) is 1. The van der Waals surface area contributed by atoms with E-state index >= 15 is 0 Å². The smallest absolute Gasteiger partial charge is 0.407 e. The number of nitrogens with one attached hydrogen (secondary N) is 1. The Labute approximate surface area is 208 Å². The molecule has 1 aliphatic heterocycles. The van der Waals surface area contributed by atoms with Crippen molar-refractivity contribution in [3.63, 3.8) is 0 Å². The second-order valence-electron chi connectivity index (χ2n) is 10.9. The summed E-state index contributed by atoms with van der Waals surface area (Å²) in [5, 5.41) is 13.0. The quantitative estimate of drug-likeness (QED) is 0.583. The number of hydrogen-bond acceptors (Lipinski definition) is 5. The zero-order valence-corrected chi connectivity index (χ0v) is 21.7. The summed E-state index contributed by atoms with van der Waals surface area (Å²) in [7, 11) is 0. The van der Waals surface area contributed by atoms with Crippen LogP contribution in [0.2, 0.25) is 0 Å². The van der Waals surface area contributed by atoms with Crippen molar-refractivity contribution in [3.05, 3.63) is 29.5 Å². The molecule has 8 heteroatoms. The van der Waals surface area contributed by atoms with Crippen LogP contribution in [0.15, 0.2) is 18.2 Å². The Morgan fingerprint density at radius 1 is 1.26 bits per heavy atom. The van der Waals surface area contributed by atoms with Crippen LogP contribution in [0.3, 0.4) is 0 Å². The minimum absolute atomic E-state index is 0.0497. The van der Waals surface area contributed by atoms with E-state index < -0.39 is 11.7 Å². The van der Waals surface area contributed by atoms with Gasteiger partial charge in [-0.25, -0.2) is 4.79 Å². The van der Waals surface area contributed by atoms with Crippen molar-refractivity contribution in [3.8, 4) is 6.07 Å². The molecule has 0 saturated carbocycles. The first-order valence-corrected chi connectivity index (χ1v) is 12.6. The minimum atomic E-state index is -0.508. The first-order valence-electron chi connectivity index (χ1n) is 12.6. The normalized spacial score (nSPS) is 14.8. The van der Waals surface area contributed by atoms with E-state index in [4.69, 9.17) is 10.5 Å². The van der Waals surface area contributed by atoms with Crippen LogP contribution in [0.4, 0.5) is 10.5 Å². The first kappa shape index (κ1) is 26.4. The lowest BCUT2D eigenvalue weighted by Gasteiger charge is -2.32. The summed E-state index contributed by atoms with van der Waals surface area (Å²) >= 11 is 0. The zero-order chi connectivity index (χ0) is 25.8. The summed E-state index contributed by atoms with van der Waals surface area (Å²) in [6.07, 6.45) is 3.13. The highest BCUT2D eigenvalue weighted by Gasteiger charge is 2.29. The van der Waals surface area contributed by atoms with Crippen molar-refractivity contribution in [1.29, 1.82) is 5.26 Å². The number of benzene rings is 1. The number of carbonyl (C=O) groups excluding carboxylic acids is 2. The molecule has 3 rings (SSSR count). The highest BCUT2D eigenvalue weighted by molar-refractivity contribution is 6.08. The van der Waals surface area contributed by atoms with Crippen LogP contribution in [0.5, 0.6) is 0 Å². The summed E-state index contributed by atoms with van der Waals surface area (Å²) in [5.74, 6) is 0.864. The van der Waals surface area contributed by atoms with Gasteiger partial charge in [-0.2, -0.15) is 5.26 Å². The van der Waals surface area contributed by atoms with Gasteiger partial charge in [-0.05, 0) is 76.5 Å². The molecule has 1 aromatic carbocycles. The monoisotopic (exact) mass is 481 g/mol. The second kappa shape index (κ2) is 11.0. The lowest BCUT2D eigenvalue weighted by Crippen LogP contribution is -2.40. The molecule has 0 atom stereocenters. The summed E-state index contributed by atoms with van der Waals surface area (Å²) in [4.78, 5) is 27.4. The predicted octanol–water partition coefficient (Wildman–Crippen LogP) is 4.91. The van der Waals surface area contributed by atoms with Gasteiger partial charge in [0.2, 0.25) is 0 Å². The van der Waals surface area contributed by atoms with Gasteiger partial charge in [0.25, 0.3) is 5.91 Å². The number of piperidine rings is 1. The second-order valence-corrected chi connectivity index (χ2v) is 10.9. The van der Waals surface area contributed by atoms with E-state index in [0.717, 1.165) is 36.6 Å². The third-order valence-corrected chi connectivity index (χ3v) is 6.49. The summed E-state index contributed by atoms with van der Waals surface area (Å²) < 4.78 is 7.29. The average Bonchev–Trinajstić information content (AvgIpc) is 3.07. The van der Waals surface area contributed by atoms with E-state index in [0.29, 0.717) is 55.0 Å². The third-order valence-electron chi connectivity index (χ3n) is 6.49. The molecule has 8 nitrogen and oxygen atoms in total. The number of aryl methyl sites for hydroxylation is 1. The Balaban J connectivity index is 1.67. The van der Waals surface area contributed by atoms with Gasteiger partial charge < -0.3 is 25.3 Å². The van der Waals surface area contributed by atoms with Crippen molar-refractivity contribution in [2.24, 2.45) is 11.8 Å². The number of carbonyl (C=O) groups is 2. The molecule has 0 bridgehead atoms. The molecule has 0 unspecified atom stereocenters. The lowest BCUT2D eigenvalue weighted by atomic mass is 9.93. The predicted molar refractivity (Wildman–Crippen MR) is 138 cm³/mol. The third kappa shape index (κ3) is 6.68. The Hall–Kier alpha value is -3.21. The van der Waals surface area contributed by atoms with Crippen molar-refractivity contribution in [2.45, 2.75) is 72.4 Å². The molecule has 3 N–H and O–H groups in total. The molecule has 0 radical (unpaired) electrons. The topological polar surface area (TPSA) is 113 Å². The van der Waals surface area contributed by atoms with Gasteiger partial charge in [-0.3, -0.25) is 4.79 Å². The van der Waals surface area contributed by atoms with Crippen LogP contribution in [0.25, 0.3) is 10.9 Å². The van der Waals surface area contributed by atoms with Gasteiger partial charge in [-0.1, -0.05) is 13.8 Å². The van der Waals surface area contributed by atoms with Crippen LogP contribution in [0, 0.1) is 23.2 Å². The molecule has 0 aliphatic carbocycles. The van der Waals surface area contributed by atoms with E-state index in [2.05, 4.69) is 25.2 Å². The maximum atomic E-state index is 13.6. The van der Waals surface area contributed by atoms with Crippen LogP contribution in [0.1, 0.15) is 76.4 Å². The van der Waals surface area contributed by atoms with E-state index in [9.17, 15) is 14.9 Å². The number of anilines is 1. The Morgan fingerprint density at radius 3 is 2.54 bits per heavy atom. The van der Waals surface area contributed by atoms with Gasteiger partial charge >= 0.3 is 6.09 Å². The molecular weight excluding hydrogens is 442 g/mol. The molecule has 1 aliphatic rings. The fourth-order valence-electron chi connectivity index (χ4n) is 4.56. The maximum absolute atomic E-state index is 13.6. The molecule has 2 aromatic rings. The number of likely N-dealkylation sites (tertiary alicyclic amines) is 1. The number of fused-ring (bicyclic) bond motifs is 1. The van der Waals surface area contributed by atoms with E-state index in [-0.39, 0.29) is 5.91 Å². The van der Waals surface area contributed by atoms with Gasteiger partial charge in [0, 0.05) is 31.6 Å². The number of amides is 2. The summed E-state index contributed by atoms with van der Waals surface area (Å²) in [6, 6.07) is 7.60. The fourth-order valence-corrected chi connectivity index (χ4v) is 4.56. The van der Waals surface area contributed by atoms with Crippen molar-refractivity contribution < 1.29 is 14.3 Å². The number of hydrogen-bond donors (Lipinski definition) is 2. The van der Waals surface area contributed by atoms with E-state index in [1.807, 2.05) is 42.4 Å². The first-order chi connectivity index (χ1) is 16.5. The van der Waals surface area contributed by atoms with Gasteiger partial charge in [0.1, 0.15) is 11.3 Å². The van der Waals surface area contributed by atoms with Gasteiger partial charge in [0.15, 0.2) is 0 Å². The van der Waals surface area contributed by atoms with Crippen LogP contribution < -0.4 is 11.1 Å². The lowest BCUT2D eigenvalue weighted by molar-refractivity contribution is 0.0522. The summed E-state index contributed by atoms with van der Waals surface area (Å²) in [5.41, 5.74) is 8.41. The Morgan fingerprint density at radius 2 is 1.94 bits per heavy atom. The number of nitrogen functional groups attached to an aromatic ring is 1. The standard InChI is InChI=1S/C27H39N5O3/c1-18(2)9-15-32-22-16-20(17-28)6-7-21(22)23(29)24(32)25(33)31-13-10-19(11-14-31)8-12-30-26(34)35-27(3,4)5/h6-7,16,18-19H,8-15,29H2,1-5H3,(H,30,34). The minimum Gasteiger partial charge on any atom is -0.444 e. The number of nitrogens with zero attached hydrogens (tertiary/aromatic N) is 3. The molecule has 1 aromatic heterocycles. The van der Waals surface area contributed by atoms with Crippen LogP contribution >= 0.6 is 0 Å². The molecular formula is C27H39N5O3. The Kier molecular flexibility index (Phi) is 8.31. The number of alkyl carbamates (subject to hydrolysis) is 1. The molecule has 2 amide bonds. The highest BCUT2D eigenvalue weighted by Crippen LogP contribution is 2.32. The van der Waals surface area contributed by atoms with Crippen molar-refractivity contribution in [2.75, 3.05) is 25.4 Å². The molecule has 1 saturated heterocycles. The molecule has 190 valence electrons. The zero-order valence-electron chi connectivity index (χ0n) is 21.7. The summed E-state index contributed by atoms with van der Waals surface area (Å²) in [6.45, 7) is 12.4. The number of nitriles is 1. The van der Waals surface area contributed by atoms with Crippen LogP contribution in [-0.4, -0.2) is 46.7 Å². The van der Waals surface area contributed by atoms with Gasteiger partial charge in [-0.15, -0.1) is 0 Å². The fraction of sp³-hybridized carbons (Fsp3) is 0.593. The van der Waals surface area contributed by atoms with Crippen molar-refractivity contribution >= 4 is 28.6 Å². The Bertz CT molecular complexity index is 1100. The average molecular weight is 482 g/mol. The molecule has 1 fully saturated rings. The number of aromatic nitrogens is 1. The SMILES string of the molecule is CC(C)CCn1c(C(=O)N2CCC(CCNC(=O)OC(C)(C)C)CC2)c(N)c2ccc(C#N)cc21. The largest absolute Gasteiger partial charge is 0.444 e. The highest BCUT2D eigenvalue weighted by atomic mass is 16.6. The van der Waals surface area contributed by atoms with E-state index in [1.54, 1.807) is 6.07 Å². The number of ether oxygens (including phenoxy) is 1. The number of rotatable bonds is 7. The van der Waals surface area contributed by atoms with Gasteiger partial charge in [0.05, 0.1) is 22.8 Å².